The molecule has 1 aromatic carbocycles. The first-order valence-electron chi connectivity index (χ1n) is 7.44. The van der Waals surface area contributed by atoms with Gasteiger partial charge in [-0.2, -0.15) is 0 Å². The highest BCUT2D eigenvalue weighted by atomic mass is 35.5. The van der Waals surface area contributed by atoms with Gasteiger partial charge in [0.2, 0.25) is 0 Å². The lowest BCUT2D eigenvalue weighted by atomic mass is 10.0. The second-order valence-electron chi connectivity index (χ2n) is 5.52. The van der Waals surface area contributed by atoms with Gasteiger partial charge in [-0.25, -0.2) is 0 Å². The van der Waals surface area contributed by atoms with Crippen LogP contribution in [0, 0.1) is 0 Å². The van der Waals surface area contributed by atoms with Crippen molar-refractivity contribution in [3.05, 3.63) is 34.9 Å². The summed E-state index contributed by atoms with van der Waals surface area (Å²) in [5.74, 6) is 0. The highest BCUT2D eigenvalue weighted by Crippen LogP contribution is 2.19. The molecule has 1 saturated heterocycles. The van der Waals surface area contributed by atoms with Crippen LogP contribution in [0.1, 0.15) is 38.7 Å². The van der Waals surface area contributed by atoms with Crippen molar-refractivity contribution in [1.29, 1.82) is 0 Å². The second-order valence-corrected chi connectivity index (χ2v) is 5.95. The molecular formula is C16H25ClN2. The largest absolute Gasteiger partial charge is 0.311 e. The molecule has 0 aliphatic carbocycles. The van der Waals surface area contributed by atoms with E-state index in [4.69, 9.17) is 11.6 Å². The van der Waals surface area contributed by atoms with Gasteiger partial charge in [0.05, 0.1) is 0 Å². The third-order valence-electron chi connectivity index (χ3n) is 4.00. The molecule has 3 heteroatoms. The zero-order valence-electron chi connectivity index (χ0n) is 12.0. The van der Waals surface area contributed by atoms with E-state index in [1.54, 1.807) is 0 Å². The van der Waals surface area contributed by atoms with Crippen molar-refractivity contribution in [1.82, 2.24) is 10.2 Å². The molecule has 0 saturated carbocycles. The number of hydrogen-bond donors (Lipinski definition) is 1. The Morgan fingerprint density at radius 2 is 2.21 bits per heavy atom. The fraction of sp³-hybridized carbons (Fsp3) is 0.625. The van der Waals surface area contributed by atoms with Crippen LogP contribution in [0.2, 0.25) is 5.02 Å². The van der Waals surface area contributed by atoms with Crippen molar-refractivity contribution >= 4 is 11.6 Å². The molecule has 1 aliphatic heterocycles. The fourth-order valence-corrected chi connectivity index (χ4v) is 3.10. The molecule has 106 valence electrons. The molecule has 2 rings (SSSR count). The van der Waals surface area contributed by atoms with E-state index < -0.39 is 0 Å². The van der Waals surface area contributed by atoms with Gasteiger partial charge in [0, 0.05) is 36.7 Å². The Balaban J connectivity index is 2.04. The van der Waals surface area contributed by atoms with Gasteiger partial charge in [-0.05, 0) is 30.5 Å². The van der Waals surface area contributed by atoms with E-state index in [0.29, 0.717) is 12.1 Å². The van der Waals surface area contributed by atoms with Crippen molar-refractivity contribution in [2.24, 2.45) is 0 Å². The average molecular weight is 281 g/mol. The quantitative estimate of drug-likeness (QED) is 0.885. The van der Waals surface area contributed by atoms with E-state index >= 15 is 0 Å². The molecule has 0 bridgehead atoms. The van der Waals surface area contributed by atoms with Crippen LogP contribution in [0.4, 0.5) is 0 Å². The van der Waals surface area contributed by atoms with Crippen LogP contribution in [0.25, 0.3) is 0 Å². The first-order valence-corrected chi connectivity index (χ1v) is 7.82. The highest BCUT2D eigenvalue weighted by Gasteiger charge is 2.26. The minimum absolute atomic E-state index is 0.632. The molecule has 0 radical (unpaired) electrons. The molecule has 1 N–H and O–H groups in total. The van der Waals surface area contributed by atoms with Crippen molar-refractivity contribution in [3.8, 4) is 0 Å². The van der Waals surface area contributed by atoms with Crippen molar-refractivity contribution in [3.63, 3.8) is 0 Å². The number of nitrogens with zero attached hydrogens (tertiary/aromatic N) is 1. The molecule has 2 atom stereocenters. The fourth-order valence-electron chi connectivity index (χ4n) is 2.88. The van der Waals surface area contributed by atoms with Crippen molar-refractivity contribution in [2.45, 2.75) is 51.7 Å². The van der Waals surface area contributed by atoms with Crippen LogP contribution >= 0.6 is 11.6 Å². The molecule has 1 fully saturated rings. The maximum absolute atomic E-state index is 6.09. The molecule has 2 unspecified atom stereocenters. The Hall–Kier alpha value is -0.570. The van der Waals surface area contributed by atoms with Gasteiger partial charge >= 0.3 is 0 Å². The molecule has 0 spiro atoms. The third kappa shape index (κ3) is 4.20. The Morgan fingerprint density at radius 3 is 2.89 bits per heavy atom. The first kappa shape index (κ1) is 14.8. The summed E-state index contributed by atoms with van der Waals surface area (Å²) in [5.41, 5.74) is 1.32. The number of hydrogen-bond acceptors (Lipinski definition) is 2. The summed E-state index contributed by atoms with van der Waals surface area (Å²) in [6.07, 6.45) is 3.71. The van der Waals surface area contributed by atoms with Crippen LogP contribution in [-0.2, 0) is 6.54 Å². The van der Waals surface area contributed by atoms with Gasteiger partial charge in [-0.3, -0.25) is 4.90 Å². The van der Waals surface area contributed by atoms with Gasteiger partial charge in [-0.1, -0.05) is 44.0 Å². The van der Waals surface area contributed by atoms with Gasteiger partial charge in [0.25, 0.3) is 0 Å². The molecule has 19 heavy (non-hydrogen) atoms. The predicted molar refractivity (Wildman–Crippen MR) is 82.6 cm³/mol. The summed E-state index contributed by atoms with van der Waals surface area (Å²) in [6.45, 7) is 7.81. The SMILES string of the molecule is CCCC1CNC(CC)CN1Cc1cccc(Cl)c1. The maximum atomic E-state index is 6.09. The lowest BCUT2D eigenvalue weighted by molar-refractivity contribution is 0.113. The molecule has 0 amide bonds. The number of rotatable bonds is 5. The Kier molecular flexibility index (Phi) is 5.68. The first-order chi connectivity index (χ1) is 9.22. The summed E-state index contributed by atoms with van der Waals surface area (Å²) in [7, 11) is 0. The van der Waals surface area contributed by atoms with E-state index in [0.717, 1.165) is 24.7 Å². The Bertz CT molecular complexity index is 394. The van der Waals surface area contributed by atoms with Crippen LogP contribution in [0.3, 0.4) is 0 Å². The van der Waals surface area contributed by atoms with E-state index in [9.17, 15) is 0 Å². The van der Waals surface area contributed by atoms with Crippen LogP contribution in [-0.4, -0.2) is 30.1 Å². The number of nitrogens with one attached hydrogen (secondary N) is 1. The second kappa shape index (κ2) is 7.28. The standard InChI is InChI=1S/C16H25ClN2/c1-3-6-16-10-18-15(4-2)12-19(16)11-13-7-5-8-14(17)9-13/h5,7-9,15-16,18H,3-4,6,10-12H2,1-2H3. The minimum atomic E-state index is 0.632. The predicted octanol–water partition coefficient (Wildman–Crippen LogP) is 3.69. The van der Waals surface area contributed by atoms with Gasteiger partial charge in [-0.15, -0.1) is 0 Å². The Labute approximate surface area is 122 Å². The lowest BCUT2D eigenvalue weighted by Crippen LogP contribution is -2.55. The van der Waals surface area contributed by atoms with Crippen molar-refractivity contribution in [2.75, 3.05) is 13.1 Å². The molecule has 1 aromatic rings. The topological polar surface area (TPSA) is 15.3 Å². The number of halogens is 1. The summed E-state index contributed by atoms with van der Waals surface area (Å²) < 4.78 is 0. The smallest absolute Gasteiger partial charge is 0.0409 e. The van der Waals surface area contributed by atoms with E-state index in [2.05, 4.69) is 36.2 Å². The normalized spacial score (nSPS) is 24.6. The minimum Gasteiger partial charge on any atom is -0.311 e. The van der Waals surface area contributed by atoms with E-state index in [1.807, 2.05) is 12.1 Å². The Morgan fingerprint density at radius 1 is 1.37 bits per heavy atom. The summed E-state index contributed by atoms with van der Waals surface area (Å²) >= 11 is 6.09. The lowest BCUT2D eigenvalue weighted by Gasteiger charge is -2.40. The highest BCUT2D eigenvalue weighted by molar-refractivity contribution is 6.30. The zero-order chi connectivity index (χ0) is 13.7. The van der Waals surface area contributed by atoms with Gasteiger partial charge in [0.15, 0.2) is 0 Å². The molecule has 1 aliphatic rings. The van der Waals surface area contributed by atoms with Gasteiger partial charge in [0.1, 0.15) is 0 Å². The number of benzene rings is 1. The molecular weight excluding hydrogens is 256 g/mol. The summed E-state index contributed by atoms with van der Waals surface area (Å²) in [4.78, 5) is 2.62. The molecule has 0 aromatic heterocycles. The third-order valence-corrected chi connectivity index (χ3v) is 4.24. The molecule has 2 nitrogen and oxygen atoms in total. The maximum Gasteiger partial charge on any atom is 0.0409 e. The summed E-state index contributed by atoms with van der Waals surface area (Å²) in [5, 5.41) is 4.50. The van der Waals surface area contributed by atoms with Gasteiger partial charge < -0.3 is 5.32 Å². The van der Waals surface area contributed by atoms with E-state index in [-0.39, 0.29) is 0 Å². The average Bonchev–Trinajstić information content (AvgIpc) is 2.41. The zero-order valence-corrected chi connectivity index (χ0v) is 12.8. The van der Waals surface area contributed by atoms with Crippen LogP contribution in [0.15, 0.2) is 24.3 Å². The number of piperazine rings is 1. The van der Waals surface area contributed by atoms with Crippen molar-refractivity contribution < 1.29 is 0 Å². The van der Waals surface area contributed by atoms with Crippen LogP contribution < -0.4 is 5.32 Å². The molecule has 1 heterocycles. The monoisotopic (exact) mass is 280 g/mol. The summed E-state index contributed by atoms with van der Waals surface area (Å²) in [6, 6.07) is 9.55. The van der Waals surface area contributed by atoms with E-state index in [1.165, 1.54) is 24.8 Å². The van der Waals surface area contributed by atoms with Crippen LogP contribution in [0.5, 0.6) is 0 Å².